The number of carbonyl (C=O) groups excluding carboxylic acids is 2. The van der Waals surface area contributed by atoms with Gasteiger partial charge in [0.05, 0.1) is 6.54 Å². The minimum atomic E-state index is -0.603. The van der Waals surface area contributed by atoms with Gasteiger partial charge in [-0.1, -0.05) is 6.58 Å². The molecule has 1 rings (SSSR count). The summed E-state index contributed by atoms with van der Waals surface area (Å²) in [7, 11) is 0. The van der Waals surface area contributed by atoms with Gasteiger partial charge >= 0.3 is 5.97 Å². The van der Waals surface area contributed by atoms with Gasteiger partial charge in [-0.05, 0) is 0 Å². The van der Waals surface area contributed by atoms with E-state index in [0.717, 1.165) is 19.2 Å². The molecule has 0 amide bonds. The van der Waals surface area contributed by atoms with Gasteiger partial charge in [-0.3, -0.25) is 0 Å². The summed E-state index contributed by atoms with van der Waals surface area (Å²) >= 11 is 0. The van der Waals surface area contributed by atoms with E-state index in [9.17, 15) is 9.59 Å². The molecule has 0 atom stereocenters. The van der Waals surface area contributed by atoms with Crippen molar-refractivity contribution in [3.8, 4) is 0 Å². The molecule has 75 valence electrons. The Kier molecular flexibility index (Phi) is 7.88. The molecule has 6 nitrogen and oxygen atoms in total. The van der Waals surface area contributed by atoms with Gasteiger partial charge in [0.25, 0.3) is 6.40 Å². The van der Waals surface area contributed by atoms with Crippen molar-refractivity contribution in [3.63, 3.8) is 0 Å². The highest BCUT2D eigenvalue weighted by Gasteiger charge is 1.89. The molecular formula is C8H9N2O4. The molecule has 0 aromatic rings. The lowest BCUT2D eigenvalue weighted by Crippen LogP contribution is -1.98. The number of esters is 1. The molecule has 1 radical (unpaired) electrons. The van der Waals surface area contributed by atoms with Gasteiger partial charge in [0.15, 0.2) is 6.73 Å². The average molecular weight is 197 g/mol. The molecule has 1 heterocycles. The van der Waals surface area contributed by atoms with Crippen molar-refractivity contribution < 1.29 is 19.1 Å². The largest absolute Gasteiger partial charge is 0.472 e. The standard InChI is InChI=1S/C5H5NO3.C3H4NO/c1-2-5(8)9-4-6-3-7;1-2-5-3-4-1/h2H,1,4H2;1-2H2. The first kappa shape index (κ1) is 12.1. The van der Waals surface area contributed by atoms with Crippen LogP contribution >= 0.6 is 0 Å². The molecular weight excluding hydrogens is 188 g/mol. The van der Waals surface area contributed by atoms with Crippen LogP contribution in [-0.2, 0) is 19.1 Å². The molecule has 0 unspecified atom stereocenters. The molecule has 0 saturated carbocycles. The topological polar surface area (TPSA) is 77.3 Å². The van der Waals surface area contributed by atoms with Crippen LogP contribution in [0.25, 0.3) is 0 Å². The summed E-state index contributed by atoms with van der Waals surface area (Å²) in [5.41, 5.74) is 0. The molecule has 0 N–H and O–H groups in total. The van der Waals surface area contributed by atoms with E-state index in [1.54, 1.807) is 0 Å². The van der Waals surface area contributed by atoms with Crippen LogP contribution in [0.15, 0.2) is 22.6 Å². The summed E-state index contributed by atoms with van der Waals surface area (Å²) in [4.78, 5) is 26.1. The van der Waals surface area contributed by atoms with E-state index in [2.05, 4.69) is 32.4 Å². The van der Waals surface area contributed by atoms with Crippen LogP contribution in [0.1, 0.15) is 0 Å². The summed E-state index contributed by atoms with van der Waals surface area (Å²) in [5.74, 6) is -0.603. The predicted molar refractivity (Wildman–Crippen MR) is 47.5 cm³/mol. The van der Waals surface area contributed by atoms with Gasteiger partial charge in [-0.15, -0.1) is 0 Å². The maximum atomic E-state index is 10.2. The van der Waals surface area contributed by atoms with Crippen molar-refractivity contribution in [1.82, 2.24) is 0 Å². The fourth-order valence-corrected chi connectivity index (χ4v) is 0.409. The van der Waals surface area contributed by atoms with Crippen LogP contribution in [0.2, 0.25) is 0 Å². The zero-order valence-corrected chi connectivity index (χ0v) is 7.43. The molecule has 0 aromatic carbocycles. The first-order chi connectivity index (χ1) is 6.81. The fourth-order valence-electron chi connectivity index (χ4n) is 0.409. The molecule has 1 aliphatic heterocycles. The first-order valence-electron chi connectivity index (χ1n) is 3.67. The molecule has 1 aliphatic rings. The Morgan fingerprint density at radius 3 is 3.00 bits per heavy atom. The van der Waals surface area contributed by atoms with Crippen LogP contribution in [0.3, 0.4) is 0 Å². The van der Waals surface area contributed by atoms with E-state index in [1.165, 1.54) is 6.08 Å². The number of isocyanates is 1. The van der Waals surface area contributed by atoms with Crippen molar-refractivity contribution in [3.05, 3.63) is 12.7 Å². The molecule has 6 heteroatoms. The highest BCUT2D eigenvalue weighted by atomic mass is 16.5. The van der Waals surface area contributed by atoms with Crippen LogP contribution in [0.4, 0.5) is 0 Å². The number of hydrogen-bond donors (Lipinski definition) is 0. The van der Waals surface area contributed by atoms with E-state index < -0.39 is 5.97 Å². The van der Waals surface area contributed by atoms with E-state index >= 15 is 0 Å². The van der Waals surface area contributed by atoms with Crippen molar-refractivity contribution in [2.75, 3.05) is 19.9 Å². The van der Waals surface area contributed by atoms with Gasteiger partial charge in [0, 0.05) is 6.08 Å². The maximum absolute atomic E-state index is 10.2. The van der Waals surface area contributed by atoms with E-state index in [-0.39, 0.29) is 6.73 Å². The highest BCUT2D eigenvalue weighted by molar-refractivity contribution is 5.81. The Morgan fingerprint density at radius 2 is 2.64 bits per heavy atom. The number of nitrogens with zero attached hydrogens (tertiary/aromatic N) is 2. The van der Waals surface area contributed by atoms with Crippen LogP contribution in [0.5, 0.6) is 0 Å². The van der Waals surface area contributed by atoms with Crippen molar-refractivity contribution in [2.24, 2.45) is 9.98 Å². The molecule has 14 heavy (non-hydrogen) atoms. The Bertz CT molecular complexity index is 250. The third kappa shape index (κ3) is 8.16. The average Bonchev–Trinajstić information content (AvgIpc) is 2.76. The summed E-state index contributed by atoms with van der Waals surface area (Å²) in [6.45, 7) is 4.36. The maximum Gasteiger partial charge on any atom is 0.331 e. The SMILES string of the molecule is C=CC(=O)OCN=C=O.[C]1=NCCO1. The number of carbonyl (C=O) groups is 1. The fraction of sp³-hybridized carbons (Fsp3) is 0.375. The lowest BCUT2D eigenvalue weighted by molar-refractivity contribution is -0.137. The quantitative estimate of drug-likeness (QED) is 0.274. The van der Waals surface area contributed by atoms with Crippen molar-refractivity contribution >= 4 is 18.4 Å². The Morgan fingerprint density at radius 1 is 1.86 bits per heavy atom. The Labute approximate surface area is 80.9 Å². The minimum absolute atomic E-state index is 0.283. The molecule has 0 aromatic heterocycles. The summed E-state index contributed by atoms with van der Waals surface area (Å²) in [6, 6.07) is 0. The zero-order valence-electron chi connectivity index (χ0n) is 7.43. The number of aliphatic imine (C=N–C) groups is 2. The third-order valence-electron chi connectivity index (χ3n) is 0.937. The molecule has 0 spiro atoms. The van der Waals surface area contributed by atoms with E-state index in [0.29, 0.717) is 0 Å². The summed E-state index contributed by atoms with van der Waals surface area (Å²) in [5, 5.41) is 0. The van der Waals surface area contributed by atoms with Crippen LogP contribution < -0.4 is 0 Å². The first-order valence-corrected chi connectivity index (χ1v) is 3.67. The number of rotatable bonds is 3. The van der Waals surface area contributed by atoms with Crippen molar-refractivity contribution in [1.29, 1.82) is 0 Å². The van der Waals surface area contributed by atoms with Gasteiger partial charge < -0.3 is 9.47 Å². The van der Waals surface area contributed by atoms with Crippen molar-refractivity contribution in [2.45, 2.75) is 0 Å². The monoisotopic (exact) mass is 197 g/mol. The highest BCUT2D eigenvalue weighted by Crippen LogP contribution is 1.78. The molecule has 0 aliphatic carbocycles. The normalized spacial score (nSPS) is 11.4. The van der Waals surface area contributed by atoms with Gasteiger partial charge in [-0.25, -0.2) is 14.6 Å². The lowest BCUT2D eigenvalue weighted by Gasteiger charge is -1.90. The van der Waals surface area contributed by atoms with E-state index in [4.69, 9.17) is 0 Å². The number of hydrogen-bond acceptors (Lipinski definition) is 6. The van der Waals surface area contributed by atoms with Crippen LogP contribution in [-0.4, -0.2) is 38.3 Å². The second kappa shape index (κ2) is 9.15. The number of ether oxygens (including phenoxy) is 2. The second-order valence-corrected chi connectivity index (χ2v) is 1.87. The van der Waals surface area contributed by atoms with Gasteiger partial charge in [0.1, 0.15) is 6.61 Å². The molecule has 0 bridgehead atoms. The Hall–Kier alpha value is -1.94. The zero-order chi connectivity index (χ0) is 10.6. The molecule has 0 saturated heterocycles. The Balaban J connectivity index is 0.000000280. The summed E-state index contributed by atoms with van der Waals surface area (Å²) < 4.78 is 8.77. The van der Waals surface area contributed by atoms with Crippen LogP contribution in [0, 0.1) is 0 Å². The second-order valence-electron chi connectivity index (χ2n) is 1.87. The van der Waals surface area contributed by atoms with Gasteiger partial charge in [0.2, 0.25) is 6.08 Å². The summed E-state index contributed by atoms with van der Waals surface area (Å²) in [6.07, 6.45) is 4.54. The third-order valence-corrected chi connectivity index (χ3v) is 0.937. The van der Waals surface area contributed by atoms with Gasteiger partial charge in [-0.2, -0.15) is 4.99 Å². The minimum Gasteiger partial charge on any atom is -0.472 e. The lowest BCUT2D eigenvalue weighted by atomic mass is 10.7. The predicted octanol–water partition coefficient (Wildman–Crippen LogP) is -0.0692. The smallest absolute Gasteiger partial charge is 0.331 e. The van der Waals surface area contributed by atoms with E-state index in [1.807, 2.05) is 0 Å². The molecule has 0 fully saturated rings.